The van der Waals surface area contributed by atoms with Gasteiger partial charge in [0.1, 0.15) is 11.5 Å². The highest BCUT2D eigenvalue weighted by Gasteiger charge is 2.37. The Morgan fingerprint density at radius 1 is 0.786 bits per heavy atom. The molecule has 0 radical (unpaired) electrons. The summed E-state index contributed by atoms with van der Waals surface area (Å²) in [5.74, 6) is -0.933. The van der Waals surface area contributed by atoms with Gasteiger partial charge in [-0.15, -0.1) is 21.5 Å². The Kier molecular flexibility index (Phi) is 3.64. The van der Waals surface area contributed by atoms with E-state index in [1.54, 1.807) is 24.3 Å². The van der Waals surface area contributed by atoms with E-state index >= 15 is 4.39 Å². The van der Waals surface area contributed by atoms with Crippen molar-refractivity contribution in [1.29, 1.82) is 0 Å². The fourth-order valence-electron chi connectivity index (χ4n) is 3.40. The van der Waals surface area contributed by atoms with E-state index in [-0.39, 0.29) is 16.5 Å². The Morgan fingerprint density at radius 3 is 2.25 bits per heavy atom. The number of thiophene rings is 1. The summed E-state index contributed by atoms with van der Waals surface area (Å²) in [6.45, 7) is 0. The lowest BCUT2D eigenvalue weighted by Crippen LogP contribution is -2.12. The predicted molar refractivity (Wildman–Crippen MR) is 103 cm³/mol. The zero-order valence-corrected chi connectivity index (χ0v) is 14.9. The number of benzene rings is 3. The summed E-state index contributed by atoms with van der Waals surface area (Å²) in [5.41, 5.74) is -1.07. The first kappa shape index (κ1) is 17.1. The first-order valence-corrected chi connectivity index (χ1v) is 9.19. The Morgan fingerprint density at radius 2 is 1.50 bits per heavy atom. The van der Waals surface area contributed by atoms with Crippen molar-refractivity contribution < 1.29 is 17.6 Å². The Hall–Kier alpha value is -3.06. The molecule has 0 aliphatic carbocycles. The molecule has 5 aromatic rings. The van der Waals surface area contributed by atoms with Crippen molar-refractivity contribution in [2.45, 2.75) is 6.18 Å². The molecule has 0 saturated heterocycles. The van der Waals surface area contributed by atoms with Gasteiger partial charge in [0, 0.05) is 15.5 Å². The van der Waals surface area contributed by atoms with Crippen LogP contribution in [-0.2, 0) is 6.18 Å². The molecule has 2 heterocycles. The zero-order valence-electron chi connectivity index (χ0n) is 14.1. The molecule has 0 amide bonds. The van der Waals surface area contributed by atoms with E-state index in [0.717, 1.165) is 10.1 Å². The van der Waals surface area contributed by atoms with E-state index < -0.39 is 23.1 Å². The first-order valence-electron chi connectivity index (χ1n) is 8.37. The van der Waals surface area contributed by atoms with Crippen molar-refractivity contribution in [1.82, 2.24) is 10.2 Å². The van der Waals surface area contributed by atoms with Crippen LogP contribution in [0.5, 0.6) is 0 Å². The zero-order chi connectivity index (χ0) is 19.5. The number of rotatable bonds is 1. The van der Waals surface area contributed by atoms with E-state index in [2.05, 4.69) is 10.2 Å². The number of fused-ring (bicyclic) bond motifs is 3. The van der Waals surface area contributed by atoms with E-state index in [4.69, 9.17) is 0 Å². The highest BCUT2D eigenvalue weighted by Crippen LogP contribution is 2.42. The first-order chi connectivity index (χ1) is 13.4. The summed E-state index contributed by atoms with van der Waals surface area (Å²) in [6.07, 6.45) is -4.81. The van der Waals surface area contributed by atoms with E-state index in [1.807, 2.05) is 30.3 Å². The molecule has 0 spiro atoms. The van der Waals surface area contributed by atoms with Gasteiger partial charge in [-0.3, -0.25) is 0 Å². The van der Waals surface area contributed by atoms with E-state index in [9.17, 15) is 13.2 Å². The van der Waals surface area contributed by atoms with Crippen LogP contribution < -0.4 is 0 Å². The highest BCUT2D eigenvalue weighted by atomic mass is 32.1. The van der Waals surface area contributed by atoms with Crippen LogP contribution in [0, 0.1) is 5.82 Å². The predicted octanol–water partition coefficient (Wildman–Crippen LogP) is 6.82. The van der Waals surface area contributed by atoms with Gasteiger partial charge in [0.05, 0.1) is 10.3 Å². The fraction of sp³-hybridized carbons (Fsp3) is 0.0476. The maximum Gasteiger partial charge on any atom is 0.435 e. The number of nitrogens with zero attached hydrogens (tertiary/aromatic N) is 2. The summed E-state index contributed by atoms with van der Waals surface area (Å²) in [6, 6.07) is 17.4. The van der Waals surface area contributed by atoms with Crippen LogP contribution in [-0.4, -0.2) is 10.2 Å². The maximum atomic E-state index is 15.2. The van der Waals surface area contributed by atoms with Crippen LogP contribution in [0.1, 0.15) is 5.69 Å². The monoisotopic (exact) mass is 398 g/mol. The molecular weight excluding hydrogens is 388 g/mol. The van der Waals surface area contributed by atoms with Crippen LogP contribution in [0.15, 0.2) is 60.7 Å². The Balaban J connectivity index is 1.93. The van der Waals surface area contributed by atoms with Gasteiger partial charge in [-0.2, -0.15) is 13.2 Å². The molecule has 3 aromatic carbocycles. The van der Waals surface area contributed by atoms with Gasteiger partial charge >= 0.3 is 6.18 Å². The largest absolute Gasteiger partial charge is 0.435 e. The Labute approximate surface area is 160 Å². The molecule has 0 aliphatic heterocycles. The van der Waals surface area contributed by atoms with Crippen LogP contribution in [0.4, 0.5) is 17.6 Å². The number of aromatic nitrogens is 2. The quantitative estimate of drug-likeness (QED) is 0.229. The van der Waals surface area contributed by atoms with Gasteiger partial charge in [-0.1, -0.05) is 42.5 Å². The summed E-state index contributed by atoms with van der Waals surface area (Å²) < 4.78 is 56.8. The van der Waals surface area contributed by atoms with Crippen molar-refractivity contribution in [2.75, 3.05) is 0 Å². The molecule has 0 aliphatic rings. The molecule has 0 unspecified atom stereocenters. The van der Waals surface area contributed by atoms with Crippen molar-refractivity contribution in [2.24, 2.45) is 0 Å². The molecule has 0 N–H and O–H groups in total. The van der Waals surface area contributed by atoms with Gasteiger partial charge in [0.2, 0.25) is 0 Å². The molecule has 2 nitrogen and oxygen atoms in total. The maximum absolute atomic E-state index is 15.2. The average molecular weight is 398 g/mol. The lowest BCUT2D eigenvalue weighted by Gasteiger charge is -2.13. The highest BCUT2D eigenvalue weighted by molar-refractivity contribution is 7.22. The summed E-state index contributed by atoms with van der Waals surface area (Å²) in [4.78, 5) is 0.641. The molecule has 0 atom stereocenters. The third-order valence-corrected chi connectivity index (χ3v) is 5.78. The smallest absolute Gasteiger partial charge is 0.206 e. The molecular formula is C21H10F4N2S. The van der Waals surface area contributed by atoms with Gasteiger partial charge in [0.15, 0.2) is 5.69 Å². The molecule has 5 rings (SSSR count). The van der Waals surface area contributed by atoms with Crippen LogP contribution in [0.25, 0.3) is 42.2 Å². The molecule has 28 heavy (non-hydrogen) atoms. The van der Waals surface area contributed by atoms with Crippen LogP contribution in [0.3, 0.4) is 0 Å². The lowest BCUT2D eigenvalue weighted by molar-refractivity contribution is -0.140. The van der Waals surface area contributed by atoms with Gasteiger partial charge in [-0.25, -0.2) is 4.39 Å². The second-order valence-electron chi connectivity index (χ2n) is 6.38. The van der Waals surface area contributed by atoms with Gasteiger partial charge in [0.25, 0.3) is 0 Å². The second-order valence-corrected chi connectivity index (χ2v) is 7.46. The average Bonchev–Trinajstić information content (AvgIpc) is 3.10. The van der Waals surface area contributed by atoms with Gasteiger partial charge in [-0.05, 0) is 29.0 Å². The molecule has 0 fully saturated rings. The third-order valence-electron chi connectivity index (χ3n) is 4.66. The van der Waals surface area contributed by atoms with Gasteiger partial charge < -0.3 is 0 Å². The van der Waals surface area contributed by atoms with Crippen molar-refractivity contribution in [3.05, 3.63) is 72.2 Å². The molecule has 2 aromatic heterocycles. The number of alkyl halides is 3. The van der Waals surface area contributed by atoms with Crippen molar-refractivity contribution in [3.8, 4) is 10.6 Å². The third kappa shape index (κ3) is 2.54. The van der Waals surface area contributed by atoms with E-state index in [0.29, 0.717) is 10.3 Å². The summed E-state index contributed by atoms with van der Waals surface area (Å²) in [7, 11) is 0. The topological polar surface area (TPSA) is 25.8 Å². The number of hydrogen-bond acceptors (Lipinski definition) is 3. The fourth-order valence-corrected chi connectivity index (χ4v) is 4.47. The number of halogens is 4. The minimum atomic E-state index is -4.81. The van der Waals surface area contributed by atoms with Crippen LogP contribution >= 0.6 is 11.3 Å². The Bertz CT molecular complexity index is 1340. The second kappa shape index (κ2) is 5.97. The normalized spacial score (nSPS) is 12.3. The minimum absolute atomic E-state index is 0.102. The molecule has 0 bridgehead atoms. The van der Waals surface area contributed by atoms with Crippen molar-refractivity contribution >= 4 is 43.0 Å². The number of hydrogen-bond donors (Lipinski definition) is 0. The molecule has 7 heteroatoms. The molecule has 0 saturated carbocycles. The SMILES string of the molecule is Fc1c2ccccc2cc2c(-c3cc4ccccc4s3)nnc(C(F)(F)F)c12. The van der Waals surface area contributed by atoms with E-state index in [1.165, 1.54) is 17.4 Å². The lowest BCUT2D eigenvalue weighted by atomic mass is 10.00. The summed E-state index contributed by atoms with van der Waals surface area (Å²) >= 11 is 1.38. The van der Waals surface area contributed by atoms with Crippen LogP contribution in [0.2, 0.25) is 0 Å². The summed E-state index contributed by atoms with van der Waals surface area (Å²) in [5, 5.41) is 8.37. The van der Waals surface area contributed by atoms with Crippen molar-refractivity contribution in [3.63, 3.8) is 0 Å². The molecule has 138 valence electrons. The minimum Gasteiger partial charge on any atom is -0.206 e. The standard InChI is InChI=1S/C21H10F4N2S/c22-18-13-7-3-1-5-11(13)9-14-17(18)20(21(23,24)25)27-26-19(14)16-10-12-6-2-4-8-15(12)28-16/h1-10H.